The van der Waals surface area contributed by atoms with Crippen LogP contribution in [0.1, 0.15) is 25.8 Å². The Labute approximate surface area is 121 Å². The fourth-order valence-electron chi connectivity index (χ4n) is 1.68. The predicted octanol–water partition coefficient (Wildman–Crippen LogP) is 2.10. The van der Waals surface area contributed by atoms with Crippen molar-refractivity contribution in [3.8, 4) is 5.75 Å². The molecule has 5 nitrogen and oxygen atoms in total. The van der Waals surface area contributed by atoms with Crippen LogP contribution < -0.4 is 9.46 Å². The van der Waals surface area contributed by atoms with E-state index in [9.17, 15) is 8.42 Å². The largest absolute Gasteiger partial charge is 0.491 e. The van der Waals surface area contributed by atoms with Crippen LogP contribution in [0.2, 0.25) is 0 Å². The number of benzene rings is 1. The summed E-state index contributed by atoms with van der Waals surface area (Å²) in [5.74, 6) is 0.707. The fourth-order valence-corrected chi connectivity index (χ4v) is 2.84. The van der Waals surface area contributed by atoms with Crippen molar-refractivity contribution >= 4 is 10.0 Å². The molecule has 1 N–H and O–H groups in total. The lowest BCUT2D eigenvalue weighted by atomic mass is 10.2. The van der Waals surface area contributed by atoms with Gasteiger partial charge in [0.1, 0.15) is 5.75 Å². The first-order valence-corrected chi connectivity index (χ1v) is 8.11. The van der Waals surface area contributed by atoms with E-state index in [0.29, 0.717) is 25.3 Å². The normalized spacial score (nSPS) is 11.8. The van der Waals surface area contributed by atoms with Crippen LogP contribution in [0.5, 0.6) is 5.75 Å². The third-order valence-corrected chi connectivity index (χ3v) is 4.10. The number of hydrogen-bond donors (Lipinski definition) is 1. The van der Waals surface area contributed by atoms with Crippen molar-refractivity contribution in [2.24, 2.45) is 0 Å². The minimum absolute atomic E-state index is 0.0586. The molecule has 1 rings (SSSR count). The molecule has 20 heavy (non-hydrogen) atoms. The van der Waals surface area contributed by atoms with E-state index in [1.54, 1.807) is 25.3 Å². The molecular weight excluding hydrogens is 278 g/mol. The fraction of sp³-hybridized carbons (Fsp3) is 0.571. The third-order valence-electron chi connectivity index (χ3n) is 2.64. The van der Waals surface area contributed by atoms with Crippen LogP contribution in [-0.2, 0) is 14.8 Å². The van der Waals surface area contributed by atoms with Gasteiger partial charge in [-0.15, -0.1) is 0 Å². The van der Waals surface area contributed by atoms with E-state index in [4.69, 9.17) is 9.47 Å². The topological polar surface area (TPSA) is 64.6 Å². The van der Waals surface area contributed by atoms with Gasteiger partial charge in [0.15, 0.2) is 0 Å². The van der Waals surface area contributed by atoms with Crippen molar-refractivity contribution in [1.82, 2.24) is 4.72 Å². The molecule has 0 radical (unpaired) electrons. The monoisotopic (exact) mass is 301 g/mol. The smallest absolute Gasteiger partial charge is 0.240 e. The van der Waals surface area contributed by atoms with E-state index in [0.717, 1.165) is 5.56 Å². The Kier molecular flexibility index (Phi) is 6.45. The molecule has 0 aliphatic heterocycles. The first kappa shape index (κ1) is 16.9. The van der Waals surface area contributed by atoms with Crippen molar-refractivity contribution in [3.05, 3.63) is 23.8 Å². The van der Waals surface area contributed by atoms with Gasteiger partial charge in [-0.25, -0.2) is 13.1 Å². The summed E-state index contributed by atoms with van der Waals surface area (Å²) in [4.78, 5) is 0.253. The molecule has 0 bridgehead atoms. The average molecular weight is 301 g/mol. The van der Waals surface area contributed by atoms with Gasteiger partial charge in [-0.3, -0.25) is 0 Å². The Morgan fingerprint density at radius 3 is 2.55 bits per heavy atom. The highest BCUT2D eigenvalue weighted by Gasteiger charge is 2.15. The van der Waals surface area contributed by atoms with Gasteiger partial charge in [0.2, 0.25) is 10.0 Å². The van der Waals surface area contributed by atoms with Crippen molar-refractivity contribution in [3.63, 3.8) is 0 Å². The highest BCUT2D eigenvalue weighted by Crippen LogP contribution is 2.22. The number of aryl methyl sites for hydroxylation is 1. The minimum Gasteiger partial charge on any atom is -0.491 e. The maximum Gasteiger partial charge on any atom is 0.240 e. The molecule has 0 atom stereocenters. The molecule has 0 saturated heterocycles. The van der Waals surface area contributed by atoms with Gasteiger partial charge in [0.25, 0.3) is 0 Å². The van der Waals surface area contributed by atoms with Crippen molar-refractivity contribution in [1.29, 1.82) is 0 Å². The maximum absolute atomic E-state index is 12.1. The van der Waals surface area contributed by atoms with Gasteiger partial charge in [0, 0.05) is 20.3 Å². The van der Waals surface area contributed by atoms with Gasteiger partial charge in [-0.1, -0.05) is 0 Å². The van der Waals surface area contributed by atoms with Gasteiger partial charge in [-0.05, 0) is 51.0 Å². The Hall–Kier alpha value is -1.11. The lowest BCUT2D eigenvalue weighted by molar-refractivity contribution is 0.196. The number of methoxy groups -OCH3 is 1. The molecule has 6 heteroatoms. The number of rotatable bonds is 8. The van der Waals surface area contributed by atoms with E-state index in [-0.39, 0.29) is 11.0 Å². The first-order chi connectivity index (χ1) is 9.36. The van der Waals surface area contributed by atoms with Gasteiger partial charge in [-0.2, -0.15) is 0 Å². The van der Waals surface area contributed by atoms with Crippen LogP contribution in [0, 0.1) is 6.92 Å². The average Bonchev–Trinajstić information content (AvgIpc) is 2.36. The summed E-state index contributed by atoms with van der Waals surface area (Å²) in [6.45, 7) is 6.59. The van der Waals surface area contributed by atoms with Crippen LogP contribution >= 0.6 is 0 Å². The lowest BCUT2D eigenvalue weighted by Crippen LogP contribution is -2.25. The van der Waals surface area contributed by atoms with Crippen LogP contribution in [0.25, 0.3) is 0 Å². The number of nitrogens with one attached hydrogen (secondary N) is 1. The summed E-state index contributed by atoms with van der Waals surface area (Å²) >= 11 is 0. The van der Waals surface area contributed by atoms with Crippen molar-refractivity contribution in [2.75, 3.05) is 20.3 Å². The van der Waals surface area contributed by atoms with Crippen LogP contribution in [0.3, 0.4) is 0 Å². The highest BCUT2D eigenvalue weighted by atomic mass is 32.2. The van der Waals surface area contributed by atoms with Crippen LogP contribution in [0.15, 0.2) is 23.1 Å². The zero-order valence-corrected chi connectivity index (χ0v) is 13.3. The molecule has 0 fully saturated rings. The Morgan fingerprint density at radius 2 is 2.00 bits per heavy atom. The van der Waals surface area contributed by atoms with Crippen LogP contribution in [0.4, 0.5) is 0 Å². The van der Waals surface area contributed by atoms with Gasteiger partial charge >= 0.3 is 0 Å². The van der Waals surface area contributed by atoms with Crippen molar-refractivity contribution < 1.29 is 17.9 Å². The van der Waals surface area contributed by atoms with E-state index in [1.165, 1.54) is 0 Å². The van der Waals surface area contributed by atoms with E-state index in [2.05, 4.69) is 4.72 Å². The second-order valence-corrected chi connectivity index (χ2v) is 6.60. The molecule has 0 aromatic heterocycles. The molecule has 0 amide bonds. The molecular formula is C14H23NO4S. The maximum atomic E-state index is 12.1. The predicted molar refractivity (Wildman–Crippen MR) is 78.6 cm³/mol. The standard InChI is InChI=1S/C14H23NO4S/c1-11(2)19-14-7-6-13(10-12(14)3)20(16,17)15-8-5-9-18-4/h6-7,10-11,15H,5,8-9H2,1-4H3. The molecule has 0 aliphatic carbocycles. The lowest BCUT2D eigenvalue weighted by Gasteiger charge is -2.13. The Balaban J connectivity index is 2.78. The summed E-state index contributed by atoms with van der Waals surface area (Å²) in [5.41, 5.74) is 0.804. The SMILES string of the molecule is COCCCNS(=O)(=O)c1ccc(OC(C)C)c(C)c1. The Morgan fingerprint density at radius 1 is 1.30 bits per heavy atom. The van der Waals surface area contributed by atoms with E-state index >= 15 is 0 Å². The zero-order chi connectivity index (χ0) is 15.2. The molecule has 114 valence electrons. The molecule has 0 unspecified atom stereocenters. The summed E-state index contributed by atoms with van der Waals surface area (Å²) in [7, 11) is -1.88. The summed E-state index contributed by atoms with van der Waals surface area (Å²) in [6, 6.07) is 4.87. The zero-order valence-electron chi connectivity index (χ0n) is 12.5. The van der Waals surface area contributed by atoms with E-state index < -0.39 is 10.0 Å². The van der Waals surface area contributed by atoms with E-state index in [1.807, 2.05) is 20.8 Å². The molecule has 1 aromatic carbocycles. The minimum atomic E-state index is -3.47. The van der Waals surface area contributed by atoms with Gasteiger partial charge in [0.05, 0.1) is 11.0 Å². The van der Waals surface area contributed by atoms with Gasteiger partial charge < -0.3 is 9.47 Å². The highest BCUT2D eigenvalue weighted by molar-refractivity contribution is 7.89. The molecule has 0 spiro atoms. The second kappa shape index (κ2) is 7.61. The molecule has 1 aromatic rings. The van der Waals surface area contributed by atoms with Crippen LogP contribution in [-0.4, -0.2) is 34.8 Å². The quantitative estimate of drug-likeness (QED) is 0.747. The molecule has 0 saturated carbocycles. The summed E-state index contributed by atoms with van der Waals surface area (Å²) in [5, 5.41) is 0. The second-order valence-electron chi connectivity index (χ2n) is 4.84. The number of hydrogen-bond acceptors (Lipinski definition) is 4. The molecule has 0 aliphatic rings. The first-order valence-electron chi connectivity index (χ1n) is 6.62. The number of sulfonamides is 1. The number of ether oxygens (including phenoxy) is 2. The Bertz CT molecular complexity index is 526. The molecule has 0 heterocycles. The van der Waals surface area contributed by atoms with Crippen molar-refractivity contribution in [2.45, 2.75) is 38.2 Å². The summed E-state index contributed by atoms with van der Waals surface area (Å²) < 4.78 is 37.2. The third kappa shape index (κ3) is 5.11. The summed E-state index contributed by atoms with van der Waals surface area (Å²) in [6.07, 6.45) is 0.701.